The van der Waals surface area contributed by atoms with Gasteiger partial charge in [0.2, 0.25) is 0 Å². The van der Waals surface area contributed by atoms with Crippen molar-refractivity contribution in [2.75, 3.05) is 0 Å². The van der Waals surface area contributed by atoms with Crippen molar-refractivity contribution >= 4 is 5.78 Å². The number of aliphatic hydroxyl groups is 1. The molecule has 0 saturated heterocycles. The molecule has 0 spiro atoms. The van der Waals surface area contributed by atoms with Crippen LogP contribution in [0.5, 0.6) is 0 Å². The average molecular weight is 296 g/mol. The molecule has 0 aliphatic heterocycles. The largest absolute Gasteiger partial charge is 0.385 e. The van der Waals surface area contributed by atoms with Gasteiger partial charge in [0.1, 0.15) is 0 Å². The van der Waals surface area contributed by atoms with E-state index >= 15 is 0 Å². The summed E-state index contributed by atoms with van der Waals surface area (Å²) in [6, 6.07) is 0. The molecule has 0 aromatic rings. The summed E-state index contributed by atoms with van der Waals surface area (Å²) >= 11 is 0. The van der Waals surface area contributed by atoms with Crippen molar-refractivity contribution in [3.8, 4) is 12.3 Å². The zero-order chi connectivity index (χ0) is 15.5. The lowest BCUT2D eigenvalue weighted by Crippen LogP contribution is -2.54. The van der Waals surface area contributed by atoms with Crippen LogP contribution in [0.1, 0.15) is 51.9 Å². The Bertz CT molecular complexity index is 635. The first-order chi connectivity index (χ1) is 10.5. The van der Waals surface area contributed by atoms with Gasteiger partial charge in [-0.2, -0.15) is 0 Å². The zero-order valence-electron chi connectivity index (χ0n) is 13.3. The minimum absolute atomic E-state index is 0.137. The standard InChI is InChI=1S/C20H24O2/c1-3-13-5-7-17-16-6-4-14-12-15(21)8-11-20(14,22)18(16)9-10-19(13,17)2/h1,5,12,16-18,22H,4,6-11H2,2H3. The molecule has 2 fully saturated rings. The molecule has 0 bridgehead atoms. The SMILES string of the molecule is C#CC1=CCC2C3CCC4=CC(=O)CCC4(O)C3CCC12C. The second-order valence-electron chi connectivity index (χ2n) is 7.93. The highest BCUT2D eigenvalue weighted by atomic mass is 16.3. The first kappa shape index (κ1) is 14.3. The van der Waals surface area contributed by atoms with Gasteiger partial charge in [-0.1, -0.05) is 18.9 Å². The van der Waals surface area contributed by atoms with Crippen LogP contribution in [0.25, 0.3) is 0 Å². The second-order valence-corrected chi connectivity index (χ2v) is 7.93. The number of hydrogen-bond donors (Lipinski definition) is 1. The number of terminal acetylenes is 1. The summed E-state index contributed by atoms with van der Waals surface area (Å²) in [4.78, 5) is 11.7. The minimum Gasteiger partial charge on any atom is -0.385 e. The van der Waals surface area contributed by atoms with Gasteiger partial charge < -0.3 is 5.11 Å². The topological polar surface area (TPSA) is 37.3 Å². The van der Waals surface area contributed by atoms with Crippen LogP contribution in [-0.4, -0.2) is 16.5 Å². The Kier molecular flexibility index (Phi) is 2.97. The van der Waals surface area contributed by atoms with E-state index in [1.165, 1.54) is 5.57 Å². The molecule has 2 saturated carbocycles. The summed E-state index contributed by atoms with van der Waals surface area (Å²) in [6.45, 7) is 2.33. The van der Waals surface area contributed by atoms with Crippen LogP contribution in [0.15, 0.2) is 23.3 Å². The molecule has 2 nitrogen and oxygen atoms in total. The summed E-state index contributed by atoms with van der Waals surface area (Å²) in [6.07, 6.45) is 16.0. The maximum absolute atomic E-state index is 11.7. The number of allylic oxidation sites excluding steroid dienone is 3. The van der Waals surface area contributed by atoms with Gasteiger partial charge in [0.05, 0.1) is 5.60 Å². The van der Waals surface area contributed by atoms with Crippen molar-refractivity contribution in [1.29, 1.82) is 0 Å². The minimum atomic E-state index is -0.725. The molecule has 5 atom stereocenters. The number of rotatable bonds is 0. The van der Waals surface area contributed by atoms with Crippen molar-refractivity contribution in [3.63, 3.8) is 0 Å². The molecule has 5 unspecified atom stereocenters. The number of carbonyl (C=O) groups excluding carboxylic acids is 1. The Balaban J connectivity index is 1.69. The maximum atomic E-state index is 11.7. The number of ketones is 1. The molecule has 0 amide bonds. The van der Waals surface area contributed by atoms with Crippen LogP contribution in [0.3, 0.4) is 0 Å². The third-order valence-corrected chi connectivity index (χ3v) is 7.18. The Morgan fingerprint density at radius 1 is 1.27 bits per heavy atom. The van der Waals surface area contributed by atoms with Gasteiger partial charge >= 0.3 is 0 Å². The van der Waals surface area contributed by atoms with Gasteiger partial charge in [-0.15, -0.1) is 6.42 Å². The van der Waals surface area contributed by atoms with E-state index in [9.17, 15) is 9.90 Å². The molecule has 0 heterocycles. The van der Waals surface area contributed by atoms with Gasteiger partial charge in [-0.3, -0.25) is 4.79 Å². The van der Waals surface area contributed by atoms with Crippen LogP contribution < -0.4 is 0 Å². The van der Waals surface area contributed by atoms with E-state index in [0.717, 1.165) is 37.7 Å². The van der Waals surface area contributed by atoms with Crippen molar-refractivity contribution in [3.05, 3.63) is 23.3 Å². The number of hydrogen-bond acceptors (Lipinski definition) is 2. The van der Waals surface area contributed by atoms with Crippen LogP contribution in [0.4, 0.5) is 0 Å². The molecule has 2 heteroatoms. The van der Waals surface area contributed by atoms with Crippen molar-refractivity contribution in [2.45, 2.75) is 57.5 Å². The van der Waals surface area contributed by atoms with Crippen LogP contribution in [0.2, 0.25) is 0 Å². The molecule has 116 valence electrons. The van der Waals surface area contributed by atoms with E-state index in [0.29, 0.717) is 30.6 Å². The molecule has 0 aromatic heterocycles. The van der Waals surface area contributed by atoms with Crippen LogP contribution in [-0.2, 0) is 4.79 Å². The van der Waals surface area contributed by atoms with E-state index in [-0.39, 0.29) is 11.2 Å². The summed E-state index contributed by atoms with van der Waals surface area (Å²) in [5, 5.41) is 11.4. The van der Waals surface area contributed by atoms with Gasteiger partial charge in [-0.05, 0) is 67.9 Å². The number of fused-ring (bicyclic) bond motifs is 5. The van der Waals surface area contributed by atoms with E-state index in [2.05, 4.69) is 18.9 Å². The Morgan fingerprint density at radius 2 is 2.09 bits per heavy atom. The monoisotopic (exact) mass is 296 g/mol. The fraction of sp³-hybridized carbons (Fsp3) is 0.650. The van der Waals surface area contributed by atoms with Gasteiger partial charge in [0, 0.05) is 17.4 Å². The van der Waals surface area contributed by atoms with Gasteiger partial charge in [0.25, 0.3) is 0 Å². The molecule has 4 aliphatic carbocycles. The Labute approximate surface area is 132 Å². The van der Waals surface area contributed by atoms with E-state index < -0.39 is 5.60 Å². The highest BCUT2D eigenvalue weighted by Crippen LogP contribution is 2.62. The Morgan fingerprint density at radius 3 is 2.86 bits per heavy atom. The van der Waals surface area contributed by atoms with Gasteiger partial charge in [-0.25, -0.2) is 0 Å². The predicted molar refractivity (Wildman–Crippen MR) is 85.9 cm³/mol. The van der Waals surface area contributed by atoms with Crippen molar-refractivity contribution < 1.29 is 9.90 Å². The molecule has 0 aromatic carbocycles. The van der Waals surface area contributed by atoms with Gasteiger partial charge in [0.15, 0.2) is 5.78 Å². The first-order valence-electron chi connectivity index (χ1n) is 8.62. The molecular formula is C20H24O2. The lowest BCUT2D eigenvalue weighted by Gasteiger charge is -2.56. The quantitative estimate of drug-likeness (QED) is 0.696. The Hall–Kier alpha value is -1.33. The smallest absolute Gasteiger partial charge is 0.155 e. The van der Waals surface area contributed by atoms with Crippen molar-refractivity contribution in [1.82, 2.24) is 0 Å². The van der Waals surface area contributed by atoms with E-state index in [1.807, 2.05) is 0 Å². The van der Waals surface area contributed by atoms with Crippen LogP contribution in [0, 0.1) is 35.5 Å². The summed E-state index contributed by atoms with van der Waals surface area (Å²) in [5.74, 6) is 4.52. The zero-order valence-corrected chi connectivity index (χ0v) is 13.3. The highest BCUT2D eigenvalue weighted by molar-refractivity contribution is 5.92. The molecule has 1 N–H and O–H groups in total. The normalized spacial score (nSPS) is 46.8. The molecule has 22 heavy (non-hydrogen) atoms. The molecule has 4 aliphatic rings. The van der Waals surface area contributed by atoms with E-state index in [1.54, 1.807) is 6.08 Å². The summed E-state index contributed by atoms with van der Waals surface area (Å²) in [5.41, 5.74) is 1.61. The molecule has 4 rings (SSSR count). The number of carbonyl (C=O) groups is 1. The van der Waals surface area contributed by atoms with E-state index in [4.69, 9.17) is 6.42 Å². The third-order valence-electron chi connectivity index (χ3n) is 7.18. The highest BCUT2D eigenvalue weighted by Gasteiger charge is 2.58. The maximum Gasteiger partial charge on any atom is 0.155 e. The lowest BCUT2D eigenvalue weighted by atomic mass is 9.50. The lowest BCUT2D eigenvalue weighted by molar-refractivity contribution is -0.124. The average Bonchev–Trinajstić information content (AvgIpc) is 2.84. The van der Waals surface area contributed by atoms with Crippen molar-refractivity contribution in [2.24, 2.45) is 23.2 Å². The van der Waals surface area contributed by atoms with Crippen LogP contribution >= 0.6 is 0 Å². The molecular weight excluding hydrogens is 272 g/mol. The third kappa shape index (κ3) is 1.69. The second kappa shape index (κ2) is 4.59. The fourth-order valence-corrected chi connectivity index (χ4v) is 5.97. The first-order valence-corrected chi connectivity index (χ1v) is 8.62. The summed E-state index contributed by atoms with van der Waals surface area (Å²) in [7, 11) is 0. The summed E-state index contributed by atoms with van der Waals surface area (Å²) < 4.78 is 0. The molecule has 0 radical (unpaired) electrons. The fourth-order valence-electron chi connectivity index (χ4n) is 5.97. The predicted octanol–water partition coefficient (Wildman–Crippen LogP) is 3.41.